The van der Waals surface area contributed by atoms with Crippen molar-refractivity contribution >= 4 is 0 Å². The van der Waals surface area contributed by atoms with Crippen LogP contribution in [0.5, 0.6) is 0 Å². The summed E-state index contributed by atoms with van der Waals surface area (Å²) in [6.07, 6.45) is 10.5. The molecular formula is C19H36. The molecule has 2 aliphatic rings. The van der Waals surface area contributed by atoms with E-state index in [1.165, 1.54) is 32.1 Å². The summed E-state index contributed by atoms with van der Waals surface area (Å²) in [5.74, 6) is 7.22. The van der Waals surface area contributed by atoms with Crippen LogP contribution in [0, 0.1) is 41.4 Å². The van der Waals surface area contributed by atoms with Gasteiger partial charge in [-0.2, -0.15) is 0 Å². The number of hydrogen-bond acceptors (Lipinski definition) is 0. The van der Waals surface area contributed by atoms with E-state index in [-0.39, 0.29) is 0 Å². The largest absolute Gasteiger partial charge is 0.0628 e. The third kappa shape index (κ3) is 3.76. The molecule has 6 atom stereocenters. The third-order valence-electron chi connectivity index (χ3n) is 6.24. The van der Waals surface area contributed by atoms with Gasteiger partial charge in [-0.3, -0.25) is 0 Å². The summed E-state index contributed by atoms with van der Waals surface area (Å²) in [6, 6.07) is 0. The highest BCUT2D eigenvalue weighted by atomic mass is 14.5. The molecule has 0 amide bonds. The second kappa shape index (κ2) is 6.64. The van der Waals surface area contributed by atoms with E-state index in [1.807, 2.05) is 0 Å². The monoisotopic (exact) mass is 264 g/mol. The molecule has 0 spiro atoms. The van der Waals surface area contributed by atoms with Gasteiger partial charge < -0.3 is 0 Å². The molecule has 2 rings (SSSR count). The number of fused-ring (bicyclic) bond motifs is 1. The zero-order chi connectivity index (χ0) is 14.0. The molecule has 0 heterocycles. The molecule has 0 N–H and O–H groups in total. The Morgan fingerprint density at radius 3 is 2.16 bits per heavy atom. The summed E-state index contributed by atoms with van der Waals surface area (Å²) in [6.45, 7) is 12.2. The quantitative estimate of drug-likeness (QED) is 0.517. The molecule has 0 aromatic carbocycles. The number of hydrogen-bond donors (Lipinski definition) is 0. The second-order valence-electron chi connectivity index (χ2n) is 8.43. The first-order valence-corrected chi connectivity index (χ1v) is 8.99. The molecule has 19 heavy (non-hydrogen) atoms. The van der Waals surface area contributed by atoms with Crippen molar-refractivity contribution < 1.29 is 0 Å². The SMILES string of the molecule is CC(C)CCC(C)CCCC1CC(C)C2C(C)CC12. The van der Waals surface area contributed by atoms with Crippen LogP contribution in [0.15, 0.2) is 0 Å². The highest BCUT2D eigenvalue weighted by molar-refractivity contribution is 4.99. The van der Waals surface area contributed by atoms with Crippen LogP contribution in [0.1, 0.15) is 79.6 Å². The Morgan fingerprint density at radius 2 is 1.58 bits per heavy atom. The van der Waals surface area contributed by atoms with Crippen molar-refractivity contribution in [1.29, 1.82) is 0 Å². The molecule has 2 saturated carbocycles. The molecule has 112 valence electrons. The van der Waals surface area contributed by atoms with Crippen molar-refractivity contribution in [2.24, 2.45) is 41.4 Å². The maximum atomic E-state index is 2.51. The summed E-state index contributed by atoms with van der Waals surface area (Å²) in [5.41, 5.74) is 0. The maximum absolute atomic E-state index is 2.51. The van der Waals surface area contributed by atoms with Gasteiger partial charge in [-0.1, -0.05) is 66.7 Å². The normalized spacial score (nSPS) is 39.2. The molecule has 6 unspecified atom stereocenters. The first kappa shape index (κ1) is 15.4. The lowest BCUT2D eigenvalue weighted by Gasteiger charge is -2.42. The van der Waals surface area contributed by atoms with Crippen LogP contribution < -0.4 is 0 Å². The van der Waals surface area contributed by atoms with E-state index < -0.39 is 0 Å². The molecule has 0 nitrogen and oxygen atoms in total. The van der Waals surface area contributed by atoms with Crippen molar-refractivity contribution in [3.8, 4) is 0 Å². The molecule has 0 aliphatic heterocycles. The summed E-state index contributed by atoms with van der Waals surface area (Å²) in [7, 11) is 0. The minimum atomic E-state index is 0.885. The molecule has 0 saturated heterocycles. The van der Waals surface area contributed by atoms with E-state index in [0.717, 1.165) is 41.4 Å². The molecule has 0 bridgehead atoms. The van der Waals surface area contributed by atoms with Crippen molar-refractivity contribution in [1.82, 2.24) is 0 Å². The van der Waals surface area contributed by atoms with Gasteiger partial charge in [0.05, 0.1) is 0 Å². The van der Waals surface area contributed by atoms with Crippen LogP contribution in [0.25, 0.3) is 0 Å². The first-order valence-electron chi connectivity index (χ1n) is 8.99. The minimum absolute atomic E-state index is 0.885. The fraction of sp³-hybridized carbons (Fsp3) is 1.00. The van der Waals surface area contributed by atoms with Crippen molar-refractivity contribution in [3.63, 3.8) is 0 Å². The van der Waals surface area contributed by atoms with E-state index >= 15 is 0 Å². The van der Waals surface area contributed by atoms with Gasteiger partial charge in [0.1, 0.15) is 0 Å². The molecule has 0 heteroatoms. The van der Waals surface area contributed by atoms with E-state index in [0.29, 0.717) is 0 Å². The smallest absolute Gasteiger partial charge is 0.0331 e. The van der Waals surface area contributed by atoms with Gasteiger partial charge in [-0.05, 0) is 54.3 Å². The average molecular weight is 264 g/mol. The highest BCUT2D eigenvalue weighted by Crippen LogP contribution is 2.57. The highest BCUT2D eigenvalue weighted by Gasteiger charge is 2.50. The van der Waals surface area contributed by atoms with Crippen LogP contribution in [0.4, 0.5) is 0 Å². The summed E-state index contributed by atoms with van der Waals surface area (Å²) in [5, 5.41) is 0. The molecule has 0 radical (unpaired) electrons. The predicted octanol–water partition coefficient (Wildman–Crippen LogP) is 6.16. The molecule has 2 fully saturated rings. The lowest BCUT2D eigenvalue weighted by molar-refractivity contribution is 0.0630. The Bertz CT molecular complexity index is 267. The van der Waals surface area contributed by atoms with Crippen LogP contribution in [0.2, 0.25) is 0 Å². The van der Waals surface area contributed by atoms with Crippen LogP contribution in [-0.2, 0) is 0 Å². The standard InChI is InChI=1S/C19H36/c1-13(2)9-10-14(3)7-6-8-17-11-15(4)19-16(5)12-18(17)19/h13-19H,6-12H2,1-5H3. The van der Waals surface area contributed by atoms with Gasteiger partial charge in [0, 0.05) is 0 Å². The summed E-state index contributed by atoms with van der Waals surface area (Å²) in [4.78, 5) is 0. The fourth-order valence-electron chi connectivity index (χ4n) is 5.09. The predicted molar refractivity (Wildman–Crippen MR) is 85.1 cm³/mol. The van der Waals surface area contributed by atoms with Crippen LogP contribution in [0.3, 0.4) is 0 Å². The second-order valence-corrected chi connectivity index (χ2v) is 8.43. The molecular weight excluding hydrogens is 228 g/mol. The topological polar surface area (TPSA) is 0 Å². The van der Waals surface area contributed by atoms with Gasteiger partial charge in [-0.25, -0.2) is 0 Å². The third-order valence-corrected chi connectivity index (χ3v) is 6.24. The Labute approximate surface area is 121 Å². The van der Waals surface area contributed by atoms with Crippen LogP contribution >= 0.6 is 0 Å². The molecule has 2 aliphatic carbocycles. The summed E-state index contributed by atoms with van der Waals surface area (Å²) >= 11 is 0. The van der Waals surface area contributed by atoms with Gasteiger partial charge in [0.15, 0.2) is 0 Å². The van der Waals surface area contributed by atoms with E-state index in [9.17, 15) is 0 Å². The van der Waals surface area contributed by atoms with Gasteiger partial charge in [0.25, 0.3) is 0 Å². The van der Waals surface area contributed by atoms with Crippen LogP contribution in [-0.4, -0.2) is 0 Å². The van der Waals surface area contributed by atoms with Gasteiger partial charge in [-0.15, -0.1) is 0 Å². The Kier molecular flexibility index (Phi) is 5.37. The molecule has 0 aromatic rings. The Balaban J connectivity index is 1.61. The molecule has 0 aromatic heterocycles. The van der Waals surface area contributed by atoms with E-state index in [4.69, 9.17) is 0 Å². The van der Waals surface area contributed by atoms with Gasteiger partial charge in [0.2, 0.25) is 0 Å². The van der Waals surface area contributed by atoms with Crippen molar-refractivity contribution in [2.45, 2.75) is 79.6 Å². The summed E-state index contributed by atoms with van der Waals surface area (Å²) < 4.78 is 0. The fourth-order valence-corrected chi connectivity index (χ4v) is 5.09. The van der Waals surface area contributed by atoms with E-state index in [1.54, 1.807) is 12.8 Å². The van der Waals surface area contributed by atoms with Crippen molar-refractivity contribution in [2.75, 3.05) is 0 Å². The Hall–Kier alpha value is 0. The van der Waals surface area contributed by atoms with E-state index in [2.05, 4.69) is 34.6 Å². The Morgan fingerprint density at radius 1 is 0.895 bits per heavy atom. The first-order chi connectivity index (χ1) is 8.99. The lowest BCUT2D eigenvalue weighted by atomic mass is 9.63. The lowest BCUT2D eigenvalue weighted by Crippen LogP contribution is -2.35. The van der Waals surface area contributed by atoms with Gasteiger partial charge >= 0.3 is 0 Å². The average Bonchev–Trinajstić information content (AvgIpc) is 2.56. The number of rotatable bonds is 7. The van der Waals surface area contributed by atoms with Crippen molar-refractivity contribution in [3.05, 3.63) is 0 Å². The zero-order valence-electron chi connectivity index (χ0n) is 14.0. The minimum Gasteiger partial charge on any atom is -0.0628 e. The maximum Gasteiger partial charge on any atom is -0.0331 e. The zero-order valence-corrected chi connectivity index (χ0v) is 14.0.